The molecular weight excluding hydrogens is 569 g/mol. The number of thioether (sulfide) groups is 2. The molecule has 0 aliphatic heterocycles. The number of benzene rings is 6. The van der Waals surface area contributed by atoms with Crippen molar-refractivity contribution < 1.29 is 0 Å². The normalized spacial score (nSPS) is 20.7. The Balaban J connectivity index is 1.41. The highest BCUT2D eigenvalue weighted by molar-refractivity contribution is 7.99. The van der Waals surface area contributed by atoms with Crippen molar-refractivity contribution in [2.24, 2.45) is 11.8 Å². The van der Waals surface area contributed by atoms with E-state index in [0.717, 1.165) is 0 Å². The maximum absolute atomic E-state index is 2.37. The molecular formula is C42H36S2. The first-order chi connectivity index (χ1) is 21.9. The lowest BCUT2D eigenvalue weighted by Crippen LogP contribution is -2.48. The summed E-state index contributed by atoms with van der Waals surface area (Å²) in [7, 11) is 0. The van der Waals surface area contributed by atoms with Crippen molar-refractivity contribution >= 4 is 23.5 Å². The third kappa shape index (κ3) is 6.15. The van der Waals surface area contributed by atoms with Crippen molar-refractivity contribution in [2.75, 3.05) is 0 Å². The van der Waals surface area contributed by atoms with E-state index in [1.165, 1.54) is 32.0 Å². The molecule has 2 heteroatoms. The van der Waals surface area contributed by atoms with Gasteiger partial charge in [0.2, 0.25) is 0 Å². The molecule has 2 atom stereocenters. The van der Waals surface area contributed by atoms with Crippen LogP contribution in [-0.4, -0.2) is 0 Å². The molecule has 0 unspecified atom stereocenters. The van der Waals surface area contributed by atoms with Crippen LogP contribution in [0.5, 0.6) is 0 Å². The van der Waals surface area contributed by atoms with E-state index < -0.39 is 0 Å². The lowest BCUT2D eigenvalue weighted by Gasteiger charge is -2.58. The summed E-state index contributed by atoms with van der Waals surface area (Å²) in [6, 6.07) is 67.1. The van der Waals surface area contributed by atoms with E-state index in [1.54, 1.807) is 0 Å². The molecule has 44 heavy (non-hydrogen) atoms. The highest BCUT2D eigenvalue weighted by Crippen LogP contribution is 2.70. The molecule has 6 aromatic carbocycles. The molecule has 0 bridgehead atoms. The van der Waals surface area contributed by atoms with Gasteiger partial charge in [0.05, 0.1) is 0 Å². The second kappa shape index (κ2) is 13.8. The van der Waals surface area contributed by atoms with Crippen molar-refractivity contribution in [3.8, 4) is 0 Å². The van der Waals surface area contributed by atoms with Gasteiger partial charge in [0.1, 0.15) is 0 Å². The molecule has 0 nitrogen and oxygen atoms in total. The minimum absolute atomic E-state index is 0.295. The predicted octanol–water partition coefficient (Wildman–Crippen LogP) is 11.9. The summed E-state index contributed by atoms with van der Waals surface area (Å²) in [5, 5.41) is 0.590. The van der Waals surface area contributed by atoms with Gasteiger partial charge in [0.15, 0.2) is 0 Å². The average molecular weight is 605 g/mol. The van der Waals surface area contributed by atoms with Gasteiger partial charge < -0.3 is 0 Å². The van der Waals surface area contributed by atoms with Crippen LogP contribution in [-0.2, 0) is 0 Å². The van der Waals surface area contributed by atoms with Gasteiger partial charge in [-0.15, -0.1) is 23.5 Å². The molecule has 0 saturated heterocycles. The largest absolute Gasteiger partial charge is 0.118 e. The van der Waals surface area contributed by atoms with E-state index in [9.17, 15) is 0 Å². The van der Waals surface area contributed by atoms with Crippen LogP contribution in [0.25, 0.3) is 0 Å². The van der Waals surface area contributed by atoms with Crippen LogP contribution in [0.4, 0.5) is 0 Å². The summed E-state index contributed by atoms with van der Waals surface area (Å²) in [5.74, 6) is 1.56. The molecule has 0 heterocycles. The van der Waals surface area contributed by atoms with Gasteiger partial charge in [-0.1, -0.05) is 158 Å². The first-order valence-electron chi connectivity index (χ1n) is 15.5. The van der Waals surface area contributed by atoms with E-state index in [1.807, 2.05) is 23.5 Å². The smallest absolute Gasteiger partial charge is 0.0384 e. The van der Waals surface area contributed by atoms with E-state index in [0.29, 0.717) is 34.2 Å². The molecule has 7 rings (SSSR count). The lowest BCUT2D eigenvalue weighted by atomic mass is 9.49. The maximum atomic E-state index is 2.37. The predicted molar refractivity (Wildman–Crippen MR) is 188 cm³/mol. The van der Waals surface area contributed by atoms with Crippen LogP contribution in [0.15, 0.2) is 192 Å². The molecule has 0 radical (unpaired) electrons. The van der Waals surface area contributed by atoms with Gasteiger partial charge in [-0.05, 0) is 70.2 Å². The average Bonchev–Trinajstić information content (AvgIpc) is 3.10. The summed E-state index contributed by atoms with van der Waals surface area (Å²) >= 11 is 4.06. The molecule has 1 aliphatic carbocycles. The lowest BCUT2D eigenvalue weighted by molar-refractivity contribution is 0.0877. The fourth-order valence-corrected chi connectivity index (χ4v) is 9.91. The Labute approximate surface area is 270 Å². The SMILES string of the molecule is c1ccc(S[C@@H](c2ccccc2)C2C(c3ccccc3)C([C@@H](Sc3ccccc3)c3ccccc3)C2c2ccccc2)cc1. The standard InChI is InChI=1S/C42H36S2/c1-7-19-31(20-8-1)37-39(41(33-23-11-3-12-24-33)43-35-27-15-5-16-28-35)38(32-21-9-2-10-22-32)40(37)42(34-25-13-4-14-26-34)44-36-29-17-6-18-30-36/h1-30,37-42H/t37?,38?,39?,40?,41-,42-/m0/s1. The van der Waals surface area contributed by atoms with E-state index in [-0.39, 0.29) is 0 Å². The van der Waals surface area contributed by atoms with Gasteiger partial charge in [-0.25, -0.2) is 0 Å². The van der Waals surface area contributed by atoms with E-state index in [2.05, 4.69) is 182 Å². The molecule has 6 aromatic rings. The Hall–Kier alpha value is -3.98. The third-order valence-electron chi connectivity index (χ3n) is 9.00. The Morgan fingerprint density at radius 3 is 0.909 bits per heavy atom. The zero-order chi connectivity index (χ0) is 29.6. The van der Waals surface area contributed by atoms with Gasteiger partial charge in [0, 0.05) is 20.3 Å². The van der Waals surface area contributed by atoms with Crippen molar-refractivity contribution in [3.05, 3.63) is 204 Å². The topological polar surface area (TPSA) is 0 Å². The van der Waals surface area contributed by atoms with Crippen LogP contribution in [0.1, 0.15) is 44.6 Å². The van der Waals surface area contributed by atoms with E-state index >= 15 is 0 Å². The molecule has 1 saturated carbocycles. The highest BCUT2D eigenvalue weighted by atomic mass is 32.2. The third-order valence-corrected chi connectivity index (χ3v) is 11.8. The molecule has 1 fully saturated rings. The molecule has 216 valence electrons. The highest BCUT2D eigenvalue weighted by Gasteiger charge is 2.57. The molecule has 1 aliphatic rings. The second-order valence-corrected chi connectivity index (χ2v) is 14.0. The summed E-state index contributed by atoms with van der Waals surface area (Å²) in [6.07, 6.45) is 0. The minimum Gasteiger partial charge on any atom is -0.118 e. The van der Waals surface area contributed by atoms with Crippen LogP contribution in [0.2, 0.25) is 0 Å². The fourth-order valence-electron chi connectivity index (χ4n) is 7.12. The molecule has 0 spiro atoms. The number of hydrogen-bond acceptors (Lipinski definition) is 2. The Bertz CT molecular complexity index is 1570. The van der Waals surface area contributed by atoms with Crippen LogP contribution >= 0.6 is 23.5 Å². The van der Waals surface area contributed by atoms with Gasteiger partial charge in [-0.2, -0.15) is 0 Å². The zero-order valence-corrected chi connectivity index (χ0v) is 26.2. The van der Waals surface area contributed by atoms with Gasteiger partial charge in [0.25, 0.3) is 0 Å². The van der Waals surface area contributed by atoms with Crippen molar-refractivity contribution in [1.29, 1.82) is 0 Å². The first kappa shape index (κ1) is 28.8. The number of hydrogen-bond donors (Lipinski definition) is 0. The maximum Gasteiger partial charge on any atom is 0.0384 e. The Morgan fingerprint density at radius 1 is 0.318 bits per heavy atom. The molecule has 0 N–H and O–H groups in total. The van der Waals surface area contributed by atoms with Crippen molar-refractivity contribution in [2.45, 2.75) is 32.1 Å². The summed E-state index contributed by atoms with van der Waals surface area (Å²) in [6.45, 7) is 0. The zero-order valence-electron chi connectivity index (χ0n) is 24.6. The number of rotatable bonds is 10. The Morgan fingerprint density at radius 2 is 0.591 bits per heavy atom. The van der Waals surface area contributed by atoms with Crippen molar-refractivity contribution in [3.63, 3.8) is 0 Å². The fraction of sp³-hybridized carbons (Fsp3) is 0.143. The second-order valence-electron chi connectivity index (χ2n) is 11.6. The molecule has 0 aromatic heterocycles. The van der Waals surface area contributed by atoms with Crippen LogP contribution in [0.3, 0.4) is 0 Å². The van der Waals surface area contributed by atoms with Crippen LogP contribution < -0.4 is 0 Å². The summed E-state index contributed by atoms with van der Waals surface area (Å²) < 4.78 is 0. The quantitative estimate of drug-likeness (QED) is 0.143. The summed E-state index contributed by atoms with van der Waals surface area (Å²) in [4.78, 5) is 2.64. The summed E-state index contributed by atoms with van der Waals surface area (Å²) in [5.41, 5.74) is 5.69. The van der Waals surface area contributed by atoms with Crippen LogP contribution in [0, 0.1) is 11.8 Å². The molecule has 0 amide bonds. The van der Waals surface area contributed by atoms with Gasteiger partial charge in [-0.3, -0.25) is 0 Å². The minimum atomic E-state index is 0.295. The first-order valence-corrected chi connectivity index (χ1v) is 17.3. The Kier molecular flexibility index (Phi) is 9.00. The van der Waals surface area contributed by atoms with Crippen molar-refractivity contribution in [1.82, 2.24) is 0 Å². The van der Waals surface area contributed by atoms with E-state index in [4.69, 9.17) is 0 Å². The monoisotopic (exact) mass is 604 g/mol. The van der Waals surface area contributed by atoms with Gasteiger partial charge >= 0.3 is 0 Å².